The average Bonchev–Trinajstić information content (AvgIpc) is 2.77. The van der Waals surface area contributed by atoms with Gasteiger partial charge in [-0.2, -0.15) is 0 Å². The molecular weight excluding hydrogens is 262 g/mol. The predicted molar refractivity (Wildman–Crippen MR) is 62.9 cm³/mol. The Morgan fingerprint density at radius 2 is 2.06 bits per heavy atom. The standard InChI is InChI=1S/C8H7B2F2N3O2S/c9-10-15-4-8(13-14-15)18(16,17)7-2-1-5(11)3-6(7)12/h1-4,10H,9H2. The highest BCUT2D eigenvalue weighted by Gasteiger charge is 2.25. The molecule has 2 rings (SSSR count). The summed E-state index contributed by atoms with van der Waals surface area (Å²) in [6.07, 6.45) is 1.19. The number of rotatable bonds is 3. The van der Waals surface area contributed by atoms with E-state index in [9.17, 15) is 17.2 Å². The van der Waals surface area contributed by atoms with Crippen molar-refractivity contribution in [2.24, 2.45) is 0 Å². The van der Waals surface area contributed by atoms with E-state index < -0.39 is 26.4 Å². The van der Waals surface area contributed by atoms with Crippen LogP contribution in [0.4, 0.5) is 8.78 Å². The van der Waals surface area contributed by atoms with E-state index in [4.69, 9.17) is 0 Å². The molecule has 2 aromatic rings. The van der Waals surface area contributed by atoms with Crippen molar-refractivity contribution >= 4 is 24.9 Å². The van der Waals surface area contributed by atoms with Gasteiger partial charge in [-0.15, -0.1) is 5.10 Å². The smallest absolute Gasteiger partial charge is 0.230 e. The Morgan fingerprint density at radius 1 is 1.33 bits per heavy atom. The summed E-state index contributed by atoms with van der Waals surface area (Å²) in [4.78, 5) is -0.618. The van der Waals surface area contributed by atoms with Crippen LogP contribution in [0.25, 0.3) is 0 Å². The number of halogens is 2. The summed E-state index contributed by atoms with van der Waals surface area (Å²) in [5.74, 6) is -2.00. The number of nitrogens with zero attached hydrogens (tertiary/aromatic N) is 3. The van der Waals surface area contributed by atoms with Gasteiger partial charge in [0.25, 0.3) is 0 Å². The molecule has 0 amide bonds. The third-order valence-corrected chi connectivity index (χ3v) is 3.95. The lowest BCUT2D eigenvalue weighted by Crippen LogP contribution is -2.07. The molecule has 0 unspecified atom stereocenters. The number of aromatic nitrogens is 3. The van der Waals surface area contributed by atoms with E-state index in [2.05, 4.69) is 10.3 Å². The summed E-state index contributed by atoms with van der Waals surface area (Å²) < 4.78 is 51.5. The van der Waals surface area contributed by atoms with Crippen molar-refractivity contribution in [1.82, 2.24) is 14.9 Å². The zero-order chi connectivity index (χ0) is 13.3. The fourth-order valence-corrected chi connectivity index (χ4v) is 2.56. The van der Waals surface area contributed by atoms with Crippen LogP contribution < -0.4 is 0 Å². The highest BCUT2D eigenvalue weighted by atomic mass is 32.2. The summed E-state index contributed by atoms with van der Waals surface area (Å²) in [6.45, 7) is 0. The summed E-state index contributed by atoms with van der Waals surface area (Å²) in [6, 6.07) is 2.25. The maximum absolute atomic E-state index is 13.4. The molecule has 0 radical (unpaired) electrons. The van der Waals surface area contributed by atoms with Gasteiger partial charge in [0.05, 0.1) is 7.74 Å². The molecule has 1 aromatic carbocycles. The highest BCUT2D eigenvalue weighted by molar-refractivity contribution is 7.91. The topological polar surface area (TPSA) is 64.8 Å². The maximum Gasteiger partial charge on any atom is 0.230 e. The zero-order valence-corrected chi connectivity index (χ0v) is 10.2. The van der Waals surface area contributed by atoms with Crippen LogP contribution in [-0.4, -0.2) is 38.4 Å². The van der Waals surface area contributed by atoms with E-state index in [0.717, 1.165) is 12.1 Å². The normalized spacial score (nSPS) is 11.4. The van der Waals surface area contributed by atoms with Crippen molar-refractivity contribution < 1.29 is 17.2 Å². The van der Waals surface area contributed by atoms with Crippen molar-refractivity contribution in [3.05, 3.63) is 36.0 Å². The summed E-state index contributed by atoms with van der Waals surface area (Å²) in [7, 11) is -1.92. The molecule has 0 bridgehead atoms. The summed E-state index contributed by atoms with van der Waals surface area (Å²) in [5, 5.41) is 6.66. The monoisotopic (exact) mass is 269 g/mol. The molecule has 0 N–H and O–H groups in total. The second kappa shape index (κ2) is 4.52. The van der Waals surface area contributed by atoms with Crippen LogP contribution in [0.1, 0.15) is 0 Å². The largest absolute Gasteiger partial charge is 0.310 e. The first-order valence-electron chi connectivity index (χ1n) is 5.05. The van der Waals surface area contributed by atoms with Crippen molar-refractivity contribution in [3.8, 4) is 0 Å². The fraction of sp³-hybridized carbons (Fsp3) is 0. The van der Waals surface area contributed by atoms with Gasteiger partial charge in [0.1, 0.15) is 16.5 Å². The Balaban J connectivity index is 2.54. The van der Waals surface area contributed by atoms with E-state index in [1.807, 2.05) is 0 Å². The predicted octanol–water partition coefficient (Wildman–Crippen LogP) is -0.863. The fourth-order valence-electron chi connectivity index (χ4n) is 1.36. The lowest BCUT2D eigenvalue weighted by atomic mass is 9.67. The lowest BCUT2D eigenvalue weighted by molar-refractivity contribution is 0.547. The van der Waals surface area contributed by atoms with E-state index in [1.165, 1.54) is 10.8 Å². The number of hydrogen-bond acceptors (Lipinski definition) is 4. The minimum Gasteiger partial charge on any atom is -0.310 e. The molecule has 0 aliphatic rings. The third kappa shape index (κ3) is 2.15. The molecule has 0 atom stereocenters. The van der Waals surface area contributed by atoms with E-state index in [1.54, 1.807) is 7.74 Å². The van der Waals surface area contributed by atoms with Crippen molar-refractivity contribution in [2.75, 3.05) is 0 Å². The van der Waals surface area contributed by atoms with Gasteiger partial charge in [-0.05, 0) is 12.1 Å². The first-order chi connectivity index (χ1) is 8.45. The van der Waals surface area contributed by atoms with Crippen LogP contribution in [0.15, 0.2) is 34.3 Å². The Kier molecular flexibility index (Phi) is 3.20. The first kappa shape index (κ1) is 12.7. The number of benzene rings is 1. The van der Waals surface area contributed by atoms with Crippen molar-refractivity contribution in [3.63, 3.8) is 0 Å². The van der Waals surface area contributed by atoms with Gasteiger partial charge < -0.3 is 4.59 Å². The lowest BCUT2D eigenvalue weighted by Gasteiger charge is -2.01. The van der Waals surface area contributed by atoms with Crippen molar-refractivity contribution in [2.45, 2.75) is 9.92 Å². The van der Waals surface area contributed by atoms with E-state index in [0.29, 0.717) is 13.4 Å². The summed E-state index contributed by atoms with van der Waals surface area (Å²) in [5.41, 5.74) is 0. The van der Waals surface area contributed by atoms with Crippen LogP contribution in [0.3, 0.4) is 0 Å². The molecule has 0 fully saturated rings. The van der Waals surface area contributed by atoms with Crippen LogP contribution in [0.5, 0.6) is 0 Å². The summed E-state index contributed by atoms with van der Waals surface area (Å²) >= 11 is 0. The van der Waals surface area contributed by atoms with Crippen LogP contribution in [0, 0.1) is 11.6 Å². The van der Waals surface area contributed by atoms with Crippen molar-refractivity contribution in [1.29, 1.82) is 0 Å². The molecular formula is C8H7B2F2N3O2S. The molecule has 0 aliphatic heterocycles. The quantitative estimate of drug-likeness (QED) is 0.537. The molecule has 0 spiro atoms. The van der Waals surface area contributed by atoms with Gasteiger partial charge >= 0.3 is 0 Å². The number of hydrogen-bond donors (Lipinski definition) is 0. The van der Waals surface area contributed by atoms with Crippen LogP contribution in [0.2, 0.25) is 0 Å². The molecule has 1 aromatic heterocycles. The number of sulfone groups is 1. The molecule has 92 valence electrons. The average molecular weight is 269 g/mol. The van der Waals surface area contributed by atoms with E-state index >= 15 is 0 Å². The Hall–Kier alpha value is -1.70. The molecule has 5 nitrogen and oxygen atoms in total. The van der Waals surface area contributed by atoms with Gasteiger partial charge in [0.2, 0.25) is 22.2 Å². The molecule has 18 heavy (non-hydrogen) atoms. The molecule has 0 aliphatic carbocycles. The second-order valence-electron chi connectivity index (χ2n) is 3.49. The van der Waals surface area contributed by atoms with Crippen LogP contribution in [-0.2, 0) is 9.84 Å². The molecule has 10 heteroatoms. The minimum absolute atomic E-state index is 0.366. The third-order valence-electron chi connectivity index (χ3n) is 2.30. The molecule has 0 saturated carbocycles. The van der Waals surface area contributed by atoms with Gasteiger partial charge in [-0.25, -0.2) is 17.2 Å². The highest BCUT2D eigenvalue weighted by Crippen LogP contribution is 2.21. The first-order valence-corrected chi connectivity index (χ1v) is 6.53. The maximum atomic E-state index is 13.4. The second-order valence-corrected chi connectivity index (χ2v) is 5.36. The van der Waals surface area contributed by atoms with Crippen LogP contribution >= 0.6 is 0 Å². The van der Waals surface area contributed by atoms with Gasteiger partial charge in [-0.3, -0.25) is 0 Å². The van der Waals surface area contributed by atoms with Gasteiger partial charge in [-0.1, -0.05) is 5.21 Å². The molecule has 0 saturated heterocycles. The molecule has 1 heterocycles. The Morgan fingerprint density at radius 3 is 2.61 bits per heavy atom. The van der Waals surface area contributed by atoms with Gasteiger partial charge in [0, 0.05) is 12.3 Å². The SMILES string of the molecule is BBn1cc(S(=O)(=O)c2ccc(F)cc2F)nn1. The minimum atomic E-state index is -4.11. The zero-order valence-electron chi connectivity index (χ0n) is 9.34. The van der Waals surface area contributed by atoms with E-state index in [-0.39, 0.29) is 5.03 Å². The Bertz CT molecular complexity index is 689. The Labute approximate surface area is 103 Å². The van der Waals surface area contributed by atoms with Gasteiger partial charge in [0.15, 0.2) is 0 Å².